The molecule has 2 aromatic rings. The summed E-state index contributed by atoms with van der Waals surface area (Å²) in [5, 5.41) is 22.8. The molecule has 130 valence electrons. The maximum Gasteiger partial charge on any atom is 0.425 e. The molecule has 4 rings (SSSR count). The lowest BCUT2D eigenvalue weighted by atomic mass is 9.74. The average Bonchev–Trinajstić information content (AvgIpc) is 2.92. The second-order valence-corrected chi connectivity index (χ2v) is 7.17. The first-order valence-corrected chi connectivity index (χ1v) is 8.14. The van der Waals surface area contributed by atoms with E-state index < -0.39 is 11.1 Å². The summed E-state index contributed by atoms with van der Waals surface area (Å²) in [6.07, 6.45) is -2.83. The molecule has 0 bridgehead atoms. The predicted molar refractivity (Wildman–Crippen MR) is 90.2 cm³/mol. The predicted octanol–water partition coefficient (Wildman–Crippen LogP) is 4.31. The standard InChI is InChI=1S/C16H14F3NO2S.BrH/c17-16(18,19)14-5-9-13(23-14)6-20-10-2-1-7-3-11(21)12(22)4-8(7)15(9)10;/h3-5,10,15,20-22H,1-2,6H2;1H/t10-,15+;/m0./s1. The summed E-state index contributed by atoms with van der Waals surface area (Å²) in [6.45, 7) is 0.441. The first-order chi connectivity index (χ1) is 10.8. The van der Waals surface area contributed by atoms with Crippen molar-refractivity contribution in [2.45, 2.75) is 37.5 Å². The second-order valence-electron chi connectivity index (χ2n) is 6.03. The molecule has 2 aliphatic rings. The van der Waals surface area contributed by atoms with E-state index in [-0.39, 0.29) is 40.4 Å². The normalized spacial score (nSPS) is 22.1. The van der Waals surface area contributed by atoms with E-state index in [4.69, 9.17) is 0 Å². The first-order valence-electron chi connectivity index (χ1n) is 7.32. The van der Waals surface area contributed by atoms with Gasteiger partial charge in [-0.15, -0.1) is 28.3 Å². The third-order valence-corrected chi connectivity index (χ3v) is 5.88. The summed E-state index contributed by atoms with van der Waals surface area (Å²) in [5.41, 5.74) is 2.38. The van der Waals surface area contributed by atoms with Crippen LogP contribution in [0, 0.1) is 0 Å². The zero-order chi connectivity index (χ0) is 16.4. The highest BCUT2D eigenvalue weighted by molar-refractivity contribution is 8.93. The maximum atomic E-state index is 13.0. The Kier molecular flexibility index (Phi) is 4.34. The van der Waals surface area contributed by atoms with E-state index in [1.54, 1.807) is 0 Å². The molecule has 1 aliphatic heterocycles. The molecule has 2 atom stereocenters. The van der Waals surface area contributed by atoms with Crippen LogP contribution in [0.5, 0.6) is 11.5 Å². The molecule has 1 aromatic carbocycles. The Morgan fingerprint density at radius 3 is 2.50 bits per heavy atom. The Morgan fingerprint density at radius 1 is 1.08 bits per heavy atom. The number of thiophene rings is 1. The van der Waals surface area contributed by atoms with E-state index in [2.05, 4.69) is 5.32 Å². The van der Waals surface area contributed by atoms with Gasteiger partial charge in [0.1, 0.15) is 4.88 Å². The number of nitrogens with one attached hydrogen (secondary N) is 1. The Hall–Kier alpha value is -1.25. The van der Waals surface area contributed by atoms with Crippen molar-refractivity contribution >= 4 is 28.3 Å². The molecule has 3 nitrogen and oxygen atoms in total. The van der Waals surface area contributed by atoms with Gasteiger partial charge in [0.05, 0.1) is 0 Å². The Bertz CT molecular complexity index is 790. The minimum absolute atomic E-state index is 0. The lowest BCUT2D eigenvalue weighted by Crippen LogP contribution is -2.41. The number of aryl methyl sites for hydroxylation is 1. The van der Waals surface area contributed by atoms with Crippen LogP contribution in [-0.2, 0) is 19.1 Å². The van der Waals surface area contributed by atoms with Crippen LogP contribution in [0.2, 0.25) is 0 Å². The monoisotopic (exact) mass is 421 g/mol. The molecule has 0 spiro atoms. The third-order valence-electron chi connectivity index (χ3n) is 4.68. The lowest BCUT2D eigenvalue weighted by Gasteiger charge is -2.38. The number of aromatic hydroxyl groups is 2. The Balaban J connectivity index is 0.00000169. The maximum absolute atomic E-state index is 13.0. The van der Waals surface area contributed by atoms with Crippen molar-refractivity contribution in [3.05, 3.63) is 44.6 Å². The van der Waals surface area contributed by atoms with Gasteiger partial charge in [-0.05, 0) is 47.7 Å². The number of alkyl halides is 3. The third kappa shape index (κ3) is 2.70. The molecule has 0 saturated heterocycles. The summed E-state index contributed by atoms with van der Waals surface area (Å²) in [7, 11) is 0. The molecule has 24 heavy (non-hydrogen) atoms. The molecule has 0 radical (unpaired) electrons. The second kappa shape index (κ2) is 5.93. The van der Waals surface area contributed by atoms with Crippen molar-refractivity contribution in [1.29, 1.82) is 0 Å². The zero-order valence-electron chi connectivity index (χ0n) is 12.4. The summed E-state index contributed by atoms with van der Waals surface area (Å²) >= 11 is 0.781. The van der Waals surface area contributed by atoms with Crippen LogP contribution in [0.15, 0.2) is 18.2 Å². The van der Waals surface area contributed by atoms with E-state index in [1.807, 2.05) is 0 Å². The van der Waals surface area contributed by atoms with Crippen molar-refractivity contribution in [2.24, 2.45) is 0 Å². The van der Waals surface area contributed by atoms with Gasteiger partial charge in [0.2, 0.25) is 0 Å². The molecular weight excluding hydrogens is 407 g/mol. The summed E-state index contributed by atoms with van der Waals surface area (Å²) < 4.78 is 39.1. The van der Waals surface area contributed by atoms with E-state index in [1.165, 1.54) is 18.2 Å². The van der Waals surface area contributed by atoms with Crippen molar-refractivity contribution in [3.63, 3.8) is 0 Å². The van der Waals surface area contributed by atoms with Gasteiger partial charge < -0.3 is 15.5 Å². The molecule has 1 aliphatic carbocycles. The van der Waals surface area contributed by atoms with E-state index in [9.17, 15) is 23.4 Å². The molecule has 8 heteroatoms. The summed E-state index contributed by atoms with van der Waals surface area (Å²) in [4.78, 5) is 0.110. The number of rotatable bonds is 0. The van der Waals surface area contributed by atoms with Gasteiger partial charge >= 0.3 is 6.18 Å². The number of hydrogen-bond acceptors (Lipinski definition) is 4. The molecule has 1 aromatic heterocycles. The van der Waals surface area contributed by atoms with E-state index in [0.717, 1.165) is 35.3 Å². The van der Waals surface area contributed by atoms with Crippen LogP contribution in [0.1, 0.15) is 38.8 Å². The van der Waals surface area contributed by atoms with Gasteiger partial charge in [-0.1, -0.05) is 0 Å². The molecule has 0 amide bonds. The Morgan fingerprint density at radius 2 is 1.79 bits per heavy atom. The van der Waals surface area contributed by atoms with Crippen molar-refractivity contribution in [2.75, 3.05) is 0 Å². The molecule has 0 saturated carbocycles. The van der Waals surface area contributed by atoms with Gasteiger partial charge in [-0.25, -0.2) is 0 Å². The number of halogens is 4. The average molecular weight is 422 g/mol. The molecule has 0 fully saturated rings. The quantitative estimate of drug-likeness (QED) is 0.555. The largest absolute Gasteiger partial charge is 0.504 e. The molecule has 2 heterocycles. The van der Waals surface area contributed by atoms with Crippen LogP contribution in [0.25, 0.3) is 0 Å². The number of phenols is 2. The minimum Gasteiger partial charge on any atom is -0.504 e. The zero-order valence-corrected chi connectivity index (χ0v) is 14.9. The van der Waals surface area contributed by atoms with E-state index in [0.29, 0.717) is 17.0 Å². The van der Waals surface area contributed by atoms with Crippen LogP contribution in [0.3, 0.4) is 0 Å². The van der Waals surface area contributed by atoms with Gasteiger partial charge in [0, 0.05) is 23.4 Å². The van der Waals surface area contributed by atoms with Crippen molar-refractivity contribution in [3.8, 4) is 11.5 Å². The van der Waals surface area contributed by atoms with Crippen LogP contribution in [-0.4, -0.2) is 16.3 Å². The highest BCUT2D eigenvalue weighted by Gasteiger charge is 2.40. The van der Waals surface area contributed by atoms with Gasteiger partial charge in [-0.3, -0.25) is 0 Å². The first kappa shape index (κ1) is 17.6. The van der Waals surface area contributed by atoms with Crippen molar-refractivity contribution < 1.29 is 23.4 Å². The molecule has 0 unspecified atom stereocenters. The summed E-state index contributed by atoms with van der Waals surface area (Å²) in [6, 6.07) is 4.31. The molecule has 3 N–H and O–H groups in total. The highest BCUT2D eigenvalue weighted by Crippen LogP contribution is 2.48. The number of phenolic OH excluding ortho intramolecular Hbond substituents is 2. The van der Waals surface area contributed by atoms with Gasteiger partial charge in [0.25, 0.3) is 0 Å². The number of hydrogen-bond donors (Lipinski definition) is 3. The minimum atomic E-state index is -4.34. The van der Waals surface area contributed by atoms with Gasteiger partial charge in [-0.2, -0.15) is 13.2 Å². The topological polar surface area (TPSA) is 52.5 Å². The highest BCUT2D eigenvalue weighted by atomic mass is 79.9. The fourth-order valence-electron chi connectivity index (χ4n) is 3.65. The lowest BCUT2D eigenvalue weighted by molar-refractivity contribution is -0.134. The van der Waals surface area contributed by atoms with Crippen LogP contribution in [0.4, 0.5) is 13.2 Å². The number of fused-ring (bicyclic) bond motifs is 5. The SMILES string of the molecule is Br.Oc1cc2c(cc1O)[C@@H]1c3cc(C(F)(F)F)sc3CN[C@H]1CC2. The van der Waals surface area contributed by atoms with Crippen molar-refractivity contribution in [1.82, 2.24) is 5.32 Å². The van der Waals surface area contributed by atoms with Crippen LogP contribution < -0.4 is 5.32 Å². The molecular formula is C16H15BrF3NO2S. The fraction of sp³-hybridized carbons (Fsp3) is 0.375. The summed E-state index contributed by atoms with van der Waals surface area (Å²) in [5.74, 6) is -0.642. The number of benzene rings is 1. The smallest absolute Gasteiger partial charge is 0.425 e. The Labute approximate surface area is 150 Å². The van der Waals surface area contributed by atoms with Crippen LogP contribution >= 0.6 is 28.3 Å². The fourth-order valence-corrected chi connectivity index (χ4v) is 4.67. The van der Waals surface area contributed by atoms with E-state index >= 15 is 0 Å². The van der Waals surface area contributed by atoms with Gasteiger partial charge in [0.15, 0.2) is 11.5 Å².